The summed E-state index contributed by atoms with van der Waals surface area (Å²) < 4.78 is 10.7. The Bertz CT molecular complexity index is 475. The quantitative estimate of drug-likeness (QED) is 0.895. The van der Waals surface area contributed by atoms with Crippen molar-refractivity contribution in [3.63, 3.8) is 0 Å². The van der Waals surface area contributed by atoms with E-state index in [1.54, 1.807) is 0 Å². The fraction of sp³-hybridized carbons (Fsp3) is 0.385. The molecule has 1 atom stereocenters. The lowest BCUT2D eigenvalue weighted by Gasteiger charge is -2.11. The highest BCUT2D eigenvalue weighted by Gasteiger charge is 2.14. The highest BCUT2D eigenvalue weighted by atomic mass is 16.5. The van der Waals surface area contributed by atoms with E-state index in [0.717, 1.165) is 30.8 Å². The van der Waals surface area contributed by atoms with Gasteiger partial charge in [-0.2, -0.15) is 0 Å². The predicted octanol–water partition coefficient (Wildman–Crippen LogP) is 2.33. The zero-order valence-corrected chi connectivity index (χ0v) is 10.0. The van der Waals surface area contributed by atoms with E-state index in [1.165, 1.54) is 12.8 Å². The monoisotopic (exact) mass is 245 g/mol. The molecule has 3 rings (SSSR count). The Kier molecular flexibility index (Phi) is 3.23. The van der Waals surface area contributed by atoms with Gasteiger partial charge < -0.3 is 14.5 Å². The summed E-state index contributed by atoms with van der Waals surface area (Å²) >= 11 is 0. The molecule has 0 spiro atoms. The first kappa shape index (κ1) is 11.2. The predicted molar refractivity (Wildman–Crippen MR) is 67.2 cm³/mol. The van der Waals surface area contributed by atoms with E-state index in [0.29, 0.717) is 12.0 Å². The zero-order valence-electron chi connectivity index (χ0n) is 10.0. The van der Waals surface area contributed by atoms with Gasteiger partial charge in [0.05, 0.1) is 6.10 Å². The highest BCUT2D eigenvalue weighted by molar-refractivity contribution is 5.58. The molecule has 5 heteroatoms. The number of hydrogen-bond acceptors (Lipinski definition) is 5. The van der Waals surface area contributed by atoms with Crippen LogP contribution in [0.4, 0.5) is 5.69 Å². The minimum absolute atomic E-state index is 0.348. The van der Waals surface area contributed by atoms with Gasteiger partial charge in [-0.3, -0.25) is 0 Å². The number of benzene rings is 1. The second kappa shape index (κ2) is 5.18. The Balaban J connectivity index is 1.60. The molecule has 1 aromatic heterocycles. The van der Waals surface area contributed by atoms with Crippen LogP contribution in [0.15, 0.2) is 35.1 Å². The summed E-state index contributed by atoms with van der Waals surface area (Å²) in [4.78, 5) is 0. The molecule has 0 saturated carbocycles. The first-order valence-electron chi connectivity index (χ1n) is 6.14. The van der Waals surface area contributed by atoms with Crippen LogP contribution in [0.1, 0.15) is 12.8 Å². The fourth-order valence-electron chi connectivity index (χ4n) is 2.07. The molecule has 2 heterocycles. The van der Waals surface area contributed by atoms with Crippen molar-refractivity contribution in [3.05, 3.63) is 30.7 Å². The van der Waals surface area contributed by atoms with Crippen LogP contribution >= 0.6 is 0 Å². The molecule has 1 aromatic carbocycles. The third-order valence-corrected chi connectivity index (χ3v) is 3.05. The maximum Gasteiger partial charge on any atom is 0.247 e. The molecular weight excluding hydrogens is 230 g/mol. The number of nitrogens with one attached hydrogen (secondary N) is 1. The summed E-state index contributed by atoms with van der Waals surface area (Å²) in [6, 6.07) is 7.94. The van der Waals surface area contributed by atoms with Gasteiger partial charge in [-0.1, -0.05) is 0 Å². The van der Waals surface area contributed by atoms with Crippen LogP contribution in [-0.2, 0) is 4.74 Å². The lowest BCUT2D eigenvalue weighted by molar-refractivity contribution is 0.120. The average Bonchev–Trinajstić information content (AvgIpc) is 3.10. The van der Waals surface area contributed by atoms with Gasteiger partial charge in [-0.05, 0) is 37.1 Å². The largest absolute Gasteiger partial charge is 0.423 e. The summed E-state index contributed by atoms with van der Waals surface area (Å²) in [5.41, 5.74) is 2.00. The smallest absolute Gasteiger partial charge is 0.247 e. The third-order valence-electron chi connectivity index (χ3n) is 3.05. The van der Waals surface area contributed by atoms with Crippen LogP contribution in [0, 0.1) is 0 Å². The van der Waals surface area contributed by atoms with Gasteiger partial charge in [0.1, 0.15) is 0 Å². The summed E-state index contributed by atoms with van der Waals surface area (Å²) in [6.07, 6.45) is 4.00. The van der Waals surface area contributed by atoms with Crippen molar-refractivity contribution in [2.45, 2.75) is 18.9 Å². The number of nitrogens with zero attached hydrogens (tertiary/aromatic N) is 2. The Morgan fingerprint density at radius 3 is 2.83 bits per heavy atom. The van der Waals surface area contributed by atoms with Crippen molar-refractivity contribution in [2.24, 2.45) is 0 Å². The first-order chi connectivity index (χ1) is 8.92. The van der Waals surface area contributed by atoms with Crippen LogP contribution in [0.3, 0.4) is 0 Å². The SMILES string of the molecule is c1nnc(-c2ccc(NCC3CCCO3)cc2)o1. The number of ether oxygens (including phenoxy) is 1. The van der Waals surface area contributed by atoms with Crippen molar-refractivity contribution < 1.29 is 9.15 Å². The van der Waals surface area contributed by atoms with Crippen molar-refractivity contribution in [1.29, 1.82) is 0 Å². The molecule has 1 aliphatic heterocycles. The van der Waals surface area contributed by atoms with Gasteiger partial charge in [0.15, 0.2) is 0 Å². The molecule has 1 unspecified atom stereocenters. The lowest BCUT2D eigenvalue weighted by atomic mass is 10.2. The molecule has 1 fully saturated rings. The van der Waals surface area contributed by atoms with E-state index in [1.807, 2.05) is 24.3 Å². The highest BCUT2D eigenvalue weighted by Crippen LogP contribution is 2.19. The van der Waals surface area contributed by atoms with Crippen molar-refractivity contribution in [2.75, 3.05) is 18.5 Å². The molecule has 94 valence electrons. The minimum atomic E-state index is 0.348. The summed E-state index contributed by atoms with van der Waals surface area (Å²) in [7, 11) is 0. The Labute approximate surface area is 105 Å². The summed E-state index contributed by atoms with van der Waals surface area (Å²) in [6.45, 7) is 1.75. The van der Waals surface area contributed by atoms with E-state index >= 15 is 0 Å². The molecule has 0 aliphatic carbocycles. The molecule has 0 radical (unpaired) electrons. The second-order valence-electron chi connectivity index (χ2n) is 4.34. The van der Waals surface area contributed by atoms with Crippen LogP contribution in [0.2, 0.25) is 0 Å². The maximum atomic E-state index is 5.56. The Hall–Kier alpha value is -1.88. The molecule has 0 bridgehead atoms. The molecule has 1 aliphatic rings. The third kappa shape index (κ3) is 2.51. The van der Waals surface area contributed by atoms with Gasteiger partial charge in [-0.15, -0.1) is 10.2 Å². The molecule has 1 saturated heterocycles. The zero-order chi connectivity index (χ0) is 12.2. The lowest BCUT2D eigenvalue weighted by Crippen LogP contribution is -2.18. The fourth-order valence-corrected chi connectivity index (χ4v) is 2.07. The van der Waals surface area contributed by atoms with Crippen molar-refractivity contribution in [3.8, 4) is 11.5 Å². The van der Waals surface area contributed by atoms with E-state index in [2.05, 4.69) is 15.5 Å². The van der Waals surface area contributed by atoms with Gasteiger partial charge >= 0.3 is 0 Å². The van der Waals surface area contributed by atoms with Crippen molar-refractivity contribution >= 4 is 5.69 Å². The Morgan fingerprint density at radius 1 is 1.28 bits per heavy atom. The Morgan fingerprint density at radius 2 is 2.17 bits per heavy atom. The topological polar surface area (TPSA) is 60.2 Å². The van der Waals surface area contributed by atoms with E-state index < -0.39 is 0 Å². The number of aromatic nitrogens is 2. The van der Waals surface area contributed by atoms with Crippen LogP contribution in [-0.4, -0.2) is 29.5 Å². The van der Waals surface area contributed by atoms with Gasteiger partial charge in [0, 0.05) is 24.4 Å². The van der Waals surface area contributed by atoms with E-state index in [9.17, 15) is 0 Å². The number of rotatable bonds is 4. The molecule has 0 amide bonds. The van der Waals surface area contributed by atoms with Crippen LogP contribution < -0.4 is 5.32 Å². The molecule has 1 N–H and O–H groups in total. The van der Waals surface area contributed by atoms with Gasteiger partial charge in [-0.25, -0.2) is 0 Å². The minimum Gasteiger partial charge on any atom is -0.423 e. The van der Waals surface area contributed by atoms with Crippen molar-refractivity contribution in [1.82, 2.24) is 10.2 Å². The molecule has 5 nitrogen and oxygen atoms in total. The van der Waals surface area contributed by atoms with E-state index in [4.69, 9.17) is 9.15 Å². The number of hydrogen-bond donors (Lipinski definition) is 1. The summed E-state index contributed by atoms with van der Waals surface area (Å²) in [5.74, 6) is 0.542. The van der Waals surface area contributed by atoms with Crippen LogP contribution in [0.5, 0.6) is 0 Å². The van der Waals surface area contributed by atoms with Gasteiger partial charge in [0.25, 0.3) is 0 Å². The standard InChI is InChI=1S/C13H15N3O2/c1-2-12(17-7-1)8-14-11-5-3-10(4-6-11)13-16-15-9-18-13/h3-6,9,12,14H,1-2,7-8H2. The summed E-state index contributed by atoms with van der Waals surface area (Å²) in [5, 5.41) is 10.9. The average molecular weight is 245 g/mol. The normalized spacial score (nSPS) is 19.0. The second-order valence-corrected chi connectivity index (χ2v) is 4.34. The molecule has 2 aromatic rings. The molecular formula is C13H15N3O2. The number of anilines is 1. The maximum absolute atomic E-state index is 5.56. The molecule has 18 heavy (non-hydrogen) atoms. The first-order valence-corrected chi connectivity index (χ1v) is 6.14. The van der Waals surface area contributed by atoms with Crippen LogP contribution in [0.25, 0.3) is 11.5 Å². The van der Waals surface area contributed by atoms with Gasteiger partial charge in [0.2, 0.25) is 12.3 Å². The van der Waals surface area contributed by atoms with E-state index in [-0.39, 0.29) is 0 Å².